The monoisotopic (exact) mass is 341 g/mol. The largest absolute Gasteiger partial charge is 0.479 e. The zero-order chi connectivity index (χ0) is 16.5. The van der Waals surface area contributed by atoms with Gasteiger partial charge in [-0.05, 0) is 30.3 Å². The van der Waals surface area contributed by atoms with Gasteiger partial charge in [-0.25, -0.2) is 4.79 Å². The van der Waals surface area contributed by atoms with E-state index < -0.39 is 12.0 Å². The molecule has 6 heteroatoms. The summed E-state index contributed by atoms with van der Waals surface area (Å²) in [4.78, 5) is 11.5. The van der Waals surface area contributed by atoms with Crippen LogP contribution < -0.4 is 5.32 Å². The van der Waals surface area contributed by atoms with Crippen molar-refractivity contribution in [2.75, 3.05) is 5.32 Å². The number of hydrogen-bond acceptors (Lipinski definition) is 3. The van der Waals surface area contributed by atoms with Crippen molar-refractivity contribution in [2.45, 2.75) is 32.2 Å². The van der Waals surface area contributed by atoms with Crippen LogP contribution in [0, 0.1) is 0 Å². The van der Waals surface area contributed by atoms with Crippen molar-refractivity contribution in [3.05, 3.63) is 51.9 Å². The molecular weight excluding hydrogens is 325 g/mol. The molecule has 0 amide bonds. The van der Waals surface area contributed by atoms with Gasteiger partial charge < -0.3 is 14.8 Å². The van der Waals surface area contributed by atoms with Gasteiger partial charge in [-0.15, -0.1) is 0 Å². The summed E-state index contributed by atoms with van der Waals surface area (Å²) in [6.07, 6.45) is 0. The third kappa shape index (κ3) is 3.96. The van der Waals surface area contributed by atoms with Crippen molar-refractivity contribution in [3.8, 4) is 0 Å². The third-order valence-electron chi connectivity index (χ3n) is 3.07. The van der Waals surface area contributed by atoms with Crippen LogP contribution in [0.5, 0.6) is 0 Å². The molecule has 118 valence electrons. The van der Waals surface area contributed by atoms with Crippen molar-refractivity contribution in [1.82, 2.24) is 0 Å². The molecule has 2 aromatic rings. The second kappa shape index (κ2) is 6.23. The first kappa shape index (κ1) is 16.7. The molecule has 1 unspecified atom stereocenters. The first-order valence-electron chi connectivity index (χ1n) is 6.72. The molecule has 0 radical (unpaired) electrons. The Morgan fingerprint density at radius 2 is 1.77 bits per heavy atom. The molecule has 0 aliphatic rings. The van der Waals surface area contributed by atoms with Crippen LogP contribution in [0.2, 0.25) is 10.0 Å². The number of nitrogens with one attached hydrogen (secondary N) is 1. The summed E-state index contributed by atoms with van der Waals surface area (Å²) in [5.41, 5.74) is 0.319. The summed E-state index contributed by atoms with van der Waals surface area (Å²) >= 11 is 11.9. The van der Waals surface area contributed by atoms with Crippen molar-refractivity contribution >= 4 is 34.9 Å². The van der Waals surface area contributed by atoms with E-state index in [0.717, 1.165) is 5.76 Å². The maximum Gasteiger partial charge on any atom is 0.334 e. The highest BCUT2D eigenvalue weighted by Crippen LogP contribution is 2.30. The SMILES string of the molecule is CC(C)(C)c1ccc(C(Nc2cc(Cl)cc(Cl)c2)C(=O)O)o1. The van der Waals surface area contributed by atoms with Gasteiger partial charge in [0.2, 0.25) is 0 Å². The van der Waals surface area contributed by atoms with Crippen molar-refractivity contribution in [2.24, 2.45) is 0 Å². The Kier molecular flexibility index (Phi) is 4.73. The lowest BCUT2D eigenvalue weighted by molar-refractivity contribution is -0.138. The average Bonchev–Trinajstić information content (AvgIpc) is 2.83. The summed E-state index contributed by atoms with van der Waals surface area (Å²) in [5.74, 6) is -0.000827. The van der Waals surface area contributed by atoms with E-state index in [9.17, 15) is 9.90 Å². The molecule has 1 atom stereocenters. The van der Waals surface area contributed by atoms with E-state index in [1.807, 2.05) is 20.8 Å². The molecule has 0 saturated carbocycles. The van der Waals surface area contributed by atoms with Gasteiger partial charge in [0.15, 0.2) is 6.04 Å². The van der Waals surface area contributed by atoms with E-state index in [4.69, 9.17) is 27.6 Å². The molecule has 2 N–H and O–H groups in total. The standard InChI is InChI=1S/C16H17Cl2NO3/c1-16(2,3)13-5-4-12(22-13)14(15(20)21)19-11-7-9(17)6-10(18)8-11/h4-8,14,19H,1-3H3,(H,20,21). The minimum absolute atomic E-state index is 0.194. The molecule has 0 fully saturated rings. The quantitative estimate of drug-likeness (QED) is 0.809. The maximum absolute atomic E-state index is 11.5. The second-order valence-electron chi connectivity index (χ2n) is 6.03. The Balaban J connectivity index is 2.31. The van der Waals surface area contributed by atoms with Crippen LogP contribution in [0.3, 0.4) is 0 Å². The van der Waals surface area contributed by atoms with Crippen LogP contribution in [0.15, 0.2) is 34.7 Å². The van der Waals surface area contributed by atoms with E-state index in [0.29, 0.717) is 21.5 Å². The number of furan rings is 1. The van der Waals surface area contributed by atoms with Gasteiger partial charge in [-0.1, -0.05) is 44.0 Å². The average molecular weight is 342 g/mol. The van der Waals surface area contributed by atoms with Crippen LogP contribution in [0.1, 0.15) is 38.3 Å². The number of anilines is 1. The summed E-state index contributed by atoms with van der Waals surface area (Å²) in [7, 11) is 0. The fraction of sp³-hybridized carbons (Fsp3) is 0.312. The first-order chi connectivity index (χ1) is 10.2. The fourth-order valence-electron chi connectivity index (χ4n) is 1.97. The van der Waals surface area contributed by atoms with Crippen molar-refractivity contribution < 1.29 is 14.3 Å². The molecule has 0 aliphatic heterocycles. The minimum Gasteiger partial charge on any atom is -0.479 e. The Labute approximate surface area is 139 Å². The summed E-state index contributed by atoms with van der Waals surface area (Å²) < 4.78 is 5.69. The first-order valence-corrected chi connectivity index (χ1v) is 7.48. The highest BCUT2D eigenvalue weighted by Gasteiger charge is 2.26. The predicted octanol–water partition coefficient (Wildman–Crippen LogP) is 5.12. The lowest BCUT2D eigenvalue weighted by Gasteiger charge is -2.17. The smallest absolute Gasteiger partial charge is 0.334 e. The molecule has 0 bridgehead atoms. The maximum atomic E-state index is 11.5. The zero-order valence-electron chi connectivity index (χ0n) is 12.5. The molecule has 22 heavy (non-hydrogen) atoms. The van der Waals surface area contributed by atoms with Crippen LogP contribution in [0.4, 0.5) is 5.69 Å². The van der Waals surface area contributed by atoms with Crippen LogP contribution in [0.25, 0.3) is 0 Å². The summed E-state index contributed by atoms with van der Waals surface area (Å²) in [5, 5.41) is 13.2. The topological polar surface area (TPSA) is 62.5 Å². The summed E-state index contributed by atoms with van der Waals surface area (Å²) in [6, 6.07) is 7.23. The zero-order valence-corrected chi connectivity index (χ0v) is 14.0. The molecule has 0 aliphatic carbocycles. The van der Waals surface area contributed by atoms with E-state index in [1.54, 1.807) is 30.3 Å². The molecule has 1 aromatic heterocycles. The number of halogens is 2. The molecule has 0 saturated heterocycles. The second-order valence-corrected chi connectivity index (χ2v) is 6.90. The van der Waals surface area contributed by atoms with Crippen LogP contribution in [-0.4, -0.2) is 11.1 Å². The molecule has 1 heterocycles. The number of benzene rings is 1. The van der Waals surface area contributed by atoms with E-state index >= 15 is 0 Å². The van der Waals surface area contributed by atoms with E-state index in [2.05, 4.69) is 5.32 Å². The van der Waals surface area contributed by atoms with Gasteiger partial charge in [0, 0.05) is 21.1 Å². The lowest BCUT2D eigenvalue weighted by Crippen LogP contribution is -2.20. The third-order valence-corrected chi connectivity index (χ3v) is 3.51. The molecule has 2 rings (SSSR count). The Morgan fingerprint density at radius 3 is 2.23 bits per heavy atom. The van der Waals surface area contributed by atoms with Crippen molar-refractivity contribution in [3.63, 3.8) is 0 Å². The Morgan fingerprint density at radius 1 is 1.18 bits per heavy atom. The van der Waals surface area contributed by atoms with E-state index in [1.165, 1.54) is 0 Å². The van der Waals surface area contributed by atoms with Crippen LogP contribution in [-0.2, 0) is 10.2 Å². The lowest BCUT2D eigenvalue weighted by atomic mass is 9.94. The molecule has 0 spiro atoms. The number of carboxylic acids is 1. The fourth-order valence-corrected chi connectivity index (χ4v) is 2.50. The van der Waals surface area contributed by atoms with Gasteiger partial charge in [0.25, 0.3) is 0 Å². The van der Waals surface area contributed by atoms with Gasteiger partial charge >= 0.3 is 5.97 Å². The highest BCUT2D eigenvalue weighted by atomic mass is 35.5. The highest BCUT2D eigenvalue weighted by molar-refractivity contribution is 6.35. The summed E-state index contributed by atoms with van der Waals surface area (Å²) in [6.45, 7) is 5.99. The van der Waals surface area contributed by atoms with Gasteiger partial charge in [0.1, 0.15) is 11.5 Å². The number of aliphatic carboxylic acids is 1. The molecule has 4 nitrogen and oxygen atoms in total. The molecule has 1 aromatic carbocycles. The van der Waals surface area contributed by atoms with E-state index in [-0.39, 0.29) is 5.41 Å². The van der Waals surface area contributed by atoms with Crippen molar-refractivity contribution in [1.29, 1.82) is 0 Å². The van der Waals surface area contributed by atoms with Gasteiger partial charge in [0.05, 0.1) is 0 Å². The van der Waals surface area contributed by atoms with Crippen LogP contribution >= 0.6 is 23.2 Å². The minimum atomic E-state index is -1.05. The number of rotatable bonds is 4. The number of carbonyl (C=O) groups is 1. The number of hydrogen-bond donors (Lipinski definition) is 2. The Hall–Kier alpha value is -1.65. The Bertz CT molecular complexity index is 669. The van der Waals surface area contributed by atoms with Gasteiger partial charge in [-0.3, -0.25) is 0 Å². The van der Waals surface area contributed by atoms with Gasteiger partial charge in [-0.2, -0.15) is 0 Å². The predicted molar refractivity (Wildman–Crippen MR) is 87.9 cm³/mol. The molecular formula is C16H17Cl2NO3. The normalized spacial score (nSPS) is 13.0. The number of carboxylic acid groups (broad SMARTS) is 1.